The summed E-state index contributed by atoms with van der Waals surface area (Å²) in [6, 6.07) is 6.56. The second-order valence-electron chi connectivity index (χ2n) is 4.53. The minimum absolute atomic E-state index is 0.0506. The van der Waals surface area contributed by atoms with Crippen LogP contribution >= 0.6 is 0 Å². The molecule has 0 aromatic heterocycles. The lowest BCUT2D eigenvalue weighted by Crippen LogP contribution is -2.33. The van der Waals surface area contributed by atoms with Gasteiger partial charge in [0.1, 0.15) is 0 Å². The average molecular weight is 293 g/mol. The fourth-order valence-corrected chi connectivity index (χ4v) is 1.56. The molecule has 0 saturated carbocycles. The summed E-state index contributed by atoms with van der Waals surface area (Å²) >= 11 is 0. The van der Waals surface area contributed by atoms with Gasteiger partial charge in [-0.25, -0.2) is 4.79 Å². The van der Waals surface area contributed by atoms with Crippen LogP contribution < -0.4 is 16.4 Å². The third kappa shape index (κ3) is 6.42. The number of benzene rings is 1. The summed E-state index contributed by atoms with van der Waals surface area (Å²) in [4.78, 5) is 33.8. The number of anilines is 1. The number of urea groups is 1. The molecule has 1 atom stereocenters. The number of hydrogen-bond acceptors (Lipinski definition) is 4. The van der Waals surface area contributed by atoms with Crippen molar-refractivity contribution in [1.29, 1.82) is 0 Å². The van der Waals surface area contributed by atoms with Gasteiger partial charge in [0.2, 0.25) is 0 Å². The van der Waals surface area contributed by atoms with Crippen molar-refractivity contribution < 1.29 is 19.1 Å². The number of amides is 3. The van der Waals surface area contributed by atoms with Crippen LogP contribution in [0.1, 0.15) is 18.9 Å². The molecule has 114 valence electrons. The molecule has 1 aromatic rings. The van der Waals surface area contributed by atoms with Gasteiger partial charge in [0.15, 0.2) is 6.10 Å². The van der Waals surface area contributed by atoms with Crippen LogP contribution in [0.4, 0.5) is 10.5 Å². The molecule has 1 aromatic carbocycles. The smallest absolute Gasteiger partial charge is 0.312 e. The van der Waals surface area contributed by atoms with Gasteiger partial charge in [-0.2, -0.15) is 0 Å². The number of nitrogens with two attached hydrogens (primary N) is 1. The summed E-state index contributed by atoms with van der Waals surface area (Å²) in [5.41, 5.74) is 6.51. The maximum Gasteiger partial charge on any atom is 0.312 e. The molecule has 0 radical (unpaired) electrons. The van der Waals surface area contributed by atoms with Gasteiger partial charge in [-0.1, -0.05) is 12.1 Å². The lowest BCUT2D eigenvalue weighted by molar-refractivity contribution is -0.153. The number of rotatable bonds is 6. The summed E-state index contributed by atoms with van der Waals surface area (Å²) in [6.45, 7) is 3.45. The van der Waals surface area contributed by atoms with Crippen LogP contribution in [-0.4, -0.2) is 30.6 Å². The van der Waals surface area contributed by atoms with Crippen LogP contribution in [-0.2, 0) is 14.3 Å². The second kappa shape index (κ2) is 7.88. The molecule has 0 aliphatic rings. The van der Waals surface area contributed by atoms with Crippen molar-refractivity contribution in [3.05, 3.63) is 29.8 Å². The Morgan fingerprint density at radius 3 is 2.67 bits per heavy atom. The van der Waals surface area contributed by atoms with Crippen molar-refractivity contribution in [2.24, 2.45) is 5.73 Å². The van der Waals surface area contributed by atoms with E-state index in [1.165, 1.54) is 6.92 Å². The molecule has 4 N–H and O–H groups in total. The molecule has 0 spiro atoms. The van der Waals surface area contributed by atoms with E-state index in [0.717, 1.165) is 5.56 Å². The molecule has 0 bridgehead atoms. The van der Waals surface area contributed by atoms with E-state index in [1.54, 1.807) is 6.07 Å². The molecule has 21 heavy (non-hydrogen) atoms. The Hall–Kier alpha value is -2.57. The number of carbonyl (C=O) groups excluding carboxylic acids is 3. The fraction of sp³-hybridized carbons (Fsp3) is 0.357. The Morgan fingerprint density at radius 1 is 1.33 bits per heavy atom. The molecule has 0 heterocycles. The van der Waals surface area contributed by atoms with E-state index in [-0.39, 0.29) is 13.0 Å². The van der Waals surface area contributed by atoms with E-state index < -0.39 is 24.0 Å². The molecule has 7 heteroatoms. The highest BCUT2D eigenvalue weighted by Crippen LogP contribution is 2.10. The molecule has 0 fully saturated rings. The zero-order chi connectivity index (χ0) is 15.8. The normalized spacial score (nSPS) is 11.3. The summed E-state index contributed by atoms with van der Waals surface area (Å²) in [5.74, 6) is -1.01. The number of ether oxygens (including phenoxy) is 1. The quantitative estimate of drug-likeness (QED) is 0.677. The molecule has 0 saturated heterocycles. The first kappa shape index (κ1) is 16.5. The first-order valence-electron chi connectivity index (χ1n) is 6.49. The van der Waals surface area contributed by atoms with Gasteiger partial charge in [0.05, 0.1) is 6.42 Å². The van der Waals surface area contributed by atoms with Gasteiger partial charge in [0, 0.05) is 12.2 Å². The van der Waals surface area contributed by atoms with Gasteiger partial charge < -0.3 is 21.1 Å². The van der Waals surface area contributed by atoms with E-state index >= 15 is 0 Å². The third-order valence-electron chi connectivity index (χ3n) is 2.59. The predicted molar refractivity (Wildman–Crippen MR) is 77.6 cm³/mol. The van der Waals surface area contributed by atoms with Gasteiger partial charge >= 0.3 is 12.0 Å². The number of hydrogen-bond donors (Lipinski definition) is 3. The maximum absolute atomic E-state index is 11.9. The average Bonchev–Trinajstić information content (AvgIpc) is 2.38. The number of carbonyl (C=O) groups is 3. The Kier molecular flexibility index (Phi) is 6.19. The van der Waals surface area contributed by atoms with Crippen molar-refractivity contribution in [1.82, 2.24) is 5.32 Å². The summed E-state index contributed by atoms with van der Waals surface area (Å²) in [5, 5.41) is 4.92. The summed E-state index contributed by atoms with van der Waals surface area (Å²) in [7, 11) is 0. The van der Waals surface area contributed by atoms with Crippen LogP contribution in [0.15, 0.2) is 24.3 Å². The summed E-state index contributed by atoms with van der Waals surface area (Å²) < 4.78 is 4.95. The summed E-state index contributed by atoms with van der Waals surface area (Å²) in [6.07, 6.45) is -0.975. The first-order chi connectivity index (χ1) is 9.88. The molecule has 0 unspecified atom stereocenters. The number of esters is 1. The van der Waals surface area contributed by atoms with Gasteiger partial charge in [-0.15, -0.1) is 0 Å². The fourth-order valence-electron chi connectivity index (χ4n) is 1.56. The predicted octanol–water partition coefficient (Wildman–Crippen LogP) is 0.924. The van der Waals surface area contributed by atoms with Crippen LogP contribution in [0.5, 0.6) is 0 Å². The molecule has 0 aliphatic heterocycles. The van der Waals surface area contributed by atoms with E-state index in [0.29, 0.717) is 5.69 Å². The molecular weight excluding hydrogens is 274 g/mol. The van der Waals surface area contributed by atoms with E-state index in [1.807, 2.05) is 25.1 Å². The topological polar surface area (TPSA) is 111 Å². The van der Waals surface area contributed by atoms with E-state index in [9.17, 15) is 14.4 Å². The van der Waals surface area contributed by atoms with Crippen molar-refractivity contribution in [2.45, 2.75) is 26.4 Å². The van der Waals surface area contributed by atoms with E-state index in [2.05, 4.69) is 10.6 Å². The van der Waals surface area contributed by atoms with Crippen molar-refractivity contribution >= 4 is 23.6 Å². The Labute approximate surface area is 122 Å². The number of primary amides is 1. The maximum atomic E-state index is 11.9. The molecule has 1 rings (SSSR count). The third-order valence-corrected chi connectivity index (χ3v) is 2.59. The molecule has 7 nitrogen and oxygen atoms in total. The Morgan fingerprint density at radius 2 is 2.05 bits per heavy atom. The highest BCUT2D eigenvalue weighted by Gasteiger charge is 2.17. The van der Waals surface area contributed by atoms with Crippen LogP contribution in [0.25, 0.3) is 0 Å². The second-order valence-corrected chi connectivity index (χ2v) is 4.53. The SMILES string of the molecule is Cc1cccc(NC(=O)[C@@H](C)OC(=O)CCNC(N)=O)c1. The lowest BCUT2D eigenvalue weighted by Gasteiger charge is -2.13. The van der Waals surface area contributed by atoms with Crippen LogP contribution in [0, 0.1) is 6.92 Å². The minimum atomic E-state index is -0.924. The van der Waals surface area contributed by atoms with E-state index in [4.69, 9.17) is 10.5 Å². The monoisotopic (exact) mass is 293 g/mol. The zero-order valence-electron chi connectivity index (χ0n) is 12.0. The highest BCUT2D eigenvalue weighted by atomic mass is 16.5. The largest absolute Gasteiger partial charge is 0.452 e. The highest BCUT2D eigenvalue weighted by molar-refractivity contribution is 5.95. The number of aryl methyl sites for hydroxylation is 1. The van der Waals surface area contributed by atoms with Crippen molar-refractivity contribution in [3.63, 3.8) is 0 Å². The van der Waals surface area contributed by atoms with Crippen molar-refractivity contribution in [3.8, 4) is 0 Å². The van der Waals surface area contributed by atoms with Crippen molar-refractivity contribution in [2.75, 3.05) is 11.9 Å². The van der Waals surface area contributed by atoms with Crippen LogP contribution in [0.3, 0.4) is 0 Å². The number of nitrogens with one attached hydrogen (secondary N) is 2. The zero-order valence-corrected chi connectivity index (χ0v) is 12.0. The van der Waals surface area contributed by atoms with Gasteiger partial charge in [-0.3, -0.25) is 9.59 Å². The lowest BCUT2D eigenvalue weighted by atomic mass is 10.2. The first-order valence-corrected chi connectivity index (χ1v) is 6.49. The van der Waals surface area contributed by atoms with Gasteiger partial charge in [0.25, 0.3) is 5.91 Å². The molecular formula is C14H19N3O4. The van der Waals surface area contributed by atoms with Gasteiger partial charge in [-0.05, 0) is 31.5 Å². The minimum Gasteiger partial charge on any atom is -0.452 e. The Bertz CT molecular complexity index is 531. The standard InChI is InChI=1S/C14H19N3O4/c1-9-4-3-5-11(8-9)17-13(19)10(2)21-12(18)6-7-16-14(15)20/h3-5,8,10H,6-7H2,1-2H3,(H,17,19)(H3,15,16,20)/t10-/m1/s1. The molecule has 0 aliphatic carbocycles. The molecule has 3 amide bonds. The Balaban J connectivity index is 2.40. The van der Waals surface area contributed by atoms with Crippen LogP contribution in [0.2, 0.25) is 0 Å².